The molecule has 1 aromatic heterocycles. The first-order chi connectivity index (χ1) is 15.8. The van der Waals surface area contributed by atoms with Gasteiger partial charge in [0.15, 0.2) is 0 Å². The summed E-state index contributed by atoms with van der Waals surface area (Å²) in [6.45, 7) is 0.485. The van der Waals surface area contributed by atoms with Gasteiger partial charge in [0.1, 0.15) is 24.7 Å². The summed E-state index contributed by atoms with van der Waals surface area (Å²) >= 11 is 0. The van der Waals surface area contributed by atoms with Gasteiger partial charge in [-0.05, 0) is 71.8 Å². The minimum absolute atomic E-state index is 0.242. The van der Waals surface area contributed by atoms with E-state index in [-0.39, 0.29) is 13.2 Å². The first-order valence-electron chi connectivity index (χ1n) is 10.2. The highest BCUT2D eigenvalue weighted by molar-refractivity contribution is 5.76. The number of nitrogens with zero attached hydrogens (tertiary/aromatic N) is 1. The Morgan fingerprint density at radius 3 is 1.47 bits per heavy atom. The second-order valence-electron chi connectivity index (χ2n) is 7.03. The summed E-state index contributed by atoms with van der Waals surface area (Å²) in [7, 11) is 0. The number of terminal acetylenes is 2. The van der Waals surface area contributed by atoms with Crippen molar-refractivity contribution in [2.75, 3.05) is 13.2 Å². The van der Waals surface area contributed by atoms with Crippen LogP contribution in [0.5, 0.6) is 11.5 Å². The third-order valence-electron chi connectivity index (χ3n) is 4.88. The van der Waals surface area contributed by atoms with Crippen molar-refractivity contribution in [1.29, 1.82) is 0 Å². The lowest BCUT2D eigenvalue weighted by Crippen LogP contribution is -1.95. The summed E-state index contributed by atoms with van der Waals surface area (Å²) in [5, 5.41) is 0. The standard InChI is InChI=1S/C29H21NO2/c1-3-18-31-26-14-10-23(11-15-26)28-20-25(22-8-6-5-7-9-22)21-29(30-28)24-12-16-27(17-13-24)32-19-4-2/h1-2,5-17,20-21H,18-19H2. The molecule has 0 saturated carbocycles. The molecule has 0 fully saturated rings. The zero-order valence-electron chi connectivity index (χ0n) is 17.5. The maximum absolute atomic E-state index is 5.49. The lowest BCUT2D eigenvalue weighted by molar-refractivity contribution is 0.370. The second kappa shape index (κ2) is 10.0. The van der Waals surface area contributed by atoms with Gasteiger partial charge in [0, 0.05) is 11.1 Å². The molecule has 3 nitrogen and oxygen atoms in total. The number of aromatic nitrogens is 1. The van der Waals surface area contributed by atoms with Crippen LogP contribution in [0.25, 0.3) is 33.6 Å². The van der Waals surface area contributed by atoms with Crippen LogP contribution in [0.1, 0.15) is 0 Å². The van der Waals surface area contributed by atoms with Crippen LogP contribution in [0.2, 0.25) is 0 Å². The van der Waals surface area contributed by atoms with Crippen molar-refractivity contribution >= 4 is 0 Å². The van der Waals surface area contributed by atoms with Crippen LogP contribution in [0.4, 0.5) is 0 Å². The minimum atomic E-state index is 0.242. The van der Waals surface area contributed by atoms with Crippen molar-refractivity contribution in [3.05, 3.63) is 91.0 Å². The van der Waals surface area contributed by atoms with Gasteiger partial charge in [0.2, 0.25) is 0 Å². The van der Waals surface area contributed by atoms with E-state index in [1.807, 2.05) is 66.7 Å². The van der Waals surface area contributed by atoms with Crippen molar-refractivity contribution in [3.63, 3.8) is 0 Å². The smallest absolute Gasteiger partial charge is 0.148 e. The van der Waals surface area contributed by atoms with Gasteiger partial charge < -0.3 is 9.47 Å². The van der Waals surface area contributed by atoms with E-state index in [0.717, 1.165) is 45.1 Å². The summed E-state index contributed by atoms with van der Waals surface area (Å²) in [4.78, 5) is 4.94. The Morgan fingerprint density at radius 2 is 1.03 bits per heavy atom. The molecule has 0 amide bonds. The molecule has 0 aliphatic rings. The Balaban J connectivity index is 1.74. The highest BCUT2D eigenvalue weighted by Gasteiger charge is 2.09. The third-order valence-corrected chi connectivity index (χ3v) is 4.88. The summed E-state index contributed by atoms with van der Waals surface area (Å²) in [6.07, 6.45) is 10.5. The van der Waals surface area contributed by atoms with Gasteiger partial charge in [-0.3, -0.25) is 0 Å². The maximum Gasteiger partial charge on any atom is 0.148 e. The van der Waals surface area contributed by atoms with E-state index in [4.69, 9.17) is 27.3 Å². The molecule has 1 heterocycles. The fourth-order valence-corrected chi connectivity index (χ4v) is 3.32. The molecule has 4 rings (SSSR count). The summed E-state index contributed by atoms with van der Waals surface area (Å²) < 4.78 is 11.0. The molecular weight excluding hydrogens is 394 g/mol. The molecular formula is C29H21NO2. The van der Waals surface area contributed by atoms with E-state index in [1.54, 1.807) is 0 Å². The van der Waals surface area contributed by atoms with E-state index in [0.29, 0.717) is 0 Å². The molecule has 154 valence electrons. The van der Waals surface area contributed by atoms with Gasteiger partial charge in [0.05, 0.1) is 11.4 Å². The van der Waals surface area contributed by atoms with Gasteiger partial charge in [-0.15, -0.1) is 12.8 Å². The highest BCUT2D eigenvalue weighted by atomic mass is 16.5. The zero-order chi connectivity index (χ0) is 22.2. The molecule has 3 heteroatoms. The van der Waals surface area contributed by atoms with Crippen LogP contribution >= 0.6 is 0 Å². The highest BCUT2D eigenvalue weighted by Crippen LogP contribution is 2.31. The summed E-state index contributed by atoms with van der Waals surface area (Å²) in [5.41, 5.74) is 5.94. The Kier molecular flexibility index (Phi) is 6.51. The average Bonchev–Trinajstić information content (AvgIpc) is 2.87. The maximum atomic E-state index is 5.49. The van der Waals surface area contributed by atoms with E-state index >= 15 is 0 Å². The molecule has 0 aliphatic heterocycles. The average molecular weight is 415 g/mol. The van der Waals surface area contributed by atoms with Crippen LogP contribution in [0.3, 0.4) is 0 Å². The predicted octanol–water partition coefficient (Wildman–Crippen LogP) is 6.11. The number of rotatable bonds is 7. The minimum Gasteiger partial charge on any atom is -0.481 e. The van der Waals surface area contributed by atoms with Gasteiger partial charge >= 0.3 is 0 Å². The van der Waals surface area contributed by atoms with E-state index in [9.17, 15) is 0 Å². The van der Waals surface area contributed by atoms with Crippen molar-refractivity contribution < 1.29 is 9.47 Å². The first-order valence-corrected chi connectivity index (χ1v) is 10.2. The Morgan fingerprint density at radius 1 is 0.562 bits per heavy atom. The molecule has 32 heavy (non-hydrogen) atoms. The largest absolute Gasteiger partial charge is 0.481 e. The fourth-order valence-electron chi connectivity index (χ4n) is 3.32. The van der Waals surface area contributed by atoms with Crippen molar-refractivity contribution in [2.45, 2.75) is 0 Å². The van der Waals surface area contributed by atoms with E-state index < -0.39 is 0 Å². The molecule has 0 bridgehead atoms. The summed E-state index contributed by atoms with van der Waals surface area (Å²) in [6, 6.07) is 30.0. The number of benzene rings is 3. The molecule has 0 radical (unpaired) electrons. The fraction of sp³-hybridized carbons (Fsp3) is 0.0690. The van der Waals surface area contributed by atoms with Crippen LogP contribution in [0, 0.1) is 24.7 Å². The van der Waals surface area contributed by atoms with Crippen LogP contribution < -0.4 is 9.47 Å². The normalized spacial score (nSPS) is 10.1. The van der Waals surface area contributed by atoms with Crippen molar-refractivity contribution in [2.24, 2.45) is 0 Å². The molecule has 4 aromatic rings. The monoisotopic (exact) mass is 415 g/mol. The van der Waals surface area contributed by atoms with Crippen LogP contribution in [0.15, 0.2) is 91.0 Å². The quantitative estimate of drug-likeness (QED) is 0.342. The van der Waals surface area contributed by atoms with E-state index in [1.165, 1.54) is 0 Å². The molecule has 0 N–H and O–H groups in total. The Hall–Kier alpha value is -4.47. The van der Waals surface area contributed by atoms with Crippen molar-refractivity contribution in [3.8, 4) is 69.8 Å². The topological polar surface area (TPSA) is 31.4 Å². The number of ether oxygens (including phenoxy) is 2. The molecule has 0 spiro atoms. The van der Waals surface area contributed by atoms with Gasteiger partial charge in [-0.2, -0.15) is 0 Å². The van der Waals surface area contributed by atoms with Crippen molar-refractivity contribution in [1.82, 2.24) is 4.98 Å². The molecule has 0 saturated heterocycles. The third kappa shape index (κ3) is 4.98. The lowest BCUT2D eigenvalue weighted by atomic mass is 10.00. The molecule has 0 atom stereocenters. The van der Waals surface area contributed by atoms with Gasteiger partial charge in [-0.25, -0.2) is 4.98 Å². The SMILES string of the molecule is C#CCOc1ccc(-c2cc(-c3ccccc3)cc(-c3ccc(OCC#C)cc3)n2)cc1. The molecule has 0 aliphatic carbocycles. The van der Waals surface area contributed by atoms with E-state index in [2.05, 4.69) is 36.1 Å². The number of hydrogen-bond donors (Lipinski definition) is 0. The Bertz CT molecular complexity index is 1180. The summed E-state index contributed by atoms with van der Waals surface area (Å²) in [5.74, 6) is 6.41. The van der Waals surface area contributed by atoms with Gasteiger partial charge in [-0.1, -0.05) is 42.2 Å². The molecule has 0 unspecified atom stereocenters. The lowest BCUT2D eigenvalue weighted by Gasteiger charge is -2.11. The van der Waals surface area contributed by atoms with Gasteiger partial charge in [0.25, 0.3) is 0 Å². The second-order valence-corrected chi connectivity index (χ2v) is 7.03. The first kappa shape index (κ1) is 20.8. The van der Waals surface area contributed by atoms with Crippen LogP contribution in [-0.4, -0.2) is 18.2 Å². The number of hydrogen-bond acceptors (Lipinski definition) is 3. The number of pyridine rings is 1. The van der Waals surface area contributed by atoms with Crippen LogP contribution in [-0.2, 0) is 0 Å². The Labute approximate surface area is 188 Å². The molecule has 3 aromatic carbocycles. The zero-order valence-corrected chi connectivity index (χ0v) is 17.5. The predicted molar refractivity (Wildman–Crippen MR) is 129 cm³/mol.